The van der Waals surface area contributed by atoms with Crippen molar-refractivity contribution < 1.29 is 17.9 Å². The molecule has 1 aromatic rings. The third-order valence-corrected chi connectivity index (χ3v) is 5.73. The summed E-state index contributed by atoms with van der Waals surface area (Å²) in [6, 6.07) is -1.05. The van der Waals surface area contributed by atoms with Crippen LogP contribution in [-0.4, -0.2) is 46.2 Å². The second kappa shape index (κ2) is 7.32. The molecule has 1 aliphatic rings. The van der Waals surface area contributed by atoms with Crippen LogP contribution >= 0.6 is 28.1 Å². The Morgan fingerprint density at radius 3 is 2.75 bits per heavy atom. The maximum Gasteiger partial charge on any atom is 0.335 e. The van der Waals surface area contributed by atoms with Gasteiger partial charge in [-0.1, -0.05) is 40.3 Å². The molecule has 2 N–H and O–H groups in total. The number of sulfonamides is 1. The minimum absolute atomic E-state index is 0.0101. The molecule has 1 unspecified atom stereocenters. The summed E-state index contributed by atoms with van der Waals surface area (Å²) >= 11 is 8.29. The van der Waals surface area contributed by atoms with Crippen LogP contribution in [-0.2, 0) is 10.0 Å². The van der Waals surface area contributed by atoms with Crippen molar-refractivity contribution in [1.82, 2.24) is 19.7 Å². The highest BCUT2D eigenvalue weighted by molar-refractivity contribution is 9.10. The summed E-state index contributed by atoms with van der Waals surface area (Å²) in [5.41, 5.74) is 0. The Bertz CT molecular complexity index is 853. The van der Waals surface area contributed by atoms with Gasteiger partial charge in [-0.3, -0.25) is 5.32 Å². The van der Waals surface area contributed by atoms with E-state index in [1.165, 1.54) is 19.3 Å². The fourth-order valence-electron chi connectivity index (χ4n) is 1.68. The second-order valence-electron chi connectivity index (χ2n) is 4.43. The number of carbonyl (C=O) groups excluding carboxylic acids is 1. The molecule has 9 nitrogen and oxygen atoms in total. The van der Waals surface area contributed by atoms with Crippen LogP contribution in [0.3, 0.4) is 0 Å². The smallest absolute Gasteiger partial charge is 0.335 e. The largest absolute Gasteiger partial charge is 0.467 e. The average Bonchev–Trinajstić information content (AvgIpc) is 2.48. The molecule has 0 aromatic carbocycles. The predicted octanol–water partition coefficient (Wildman–Crippen LogP) is 1.23. The molecule has 0 saturated heterocycles. The first kappa shape index (κ1) is 18.4. The van der Waals surface area contributed by atoms with E-state index in [1.54, 1.807) is 13.0 Å². The molecule has 1 aliphatic carbocycles. The molecule has 0 fully saturated rings. The van der Waals surface area contributed by atoms with Crippen LogP contribution in [0.2, 0.25) is 0 Å². The van der Waals surface area contributed by atoms with Gasteiger partial charge in [-0.05, 0) is 13.0 Å². The van der Waals surface area contributed by atoms with Crippen LogP contribution in [0, 0.1) is 6.92 Å². The van der Waals surface area contributed by atoms with Gasteiger partial charge in [0, 0.05) is 0 Å². The lowest BCUT2D eigenvalue weighted by atomic mass is 10.2. The van der Waals surface area contributed by atoms with E-state index in [2.05, 4.69) is 36.2 Å². The highest BCUT2D eigenvalue weighted by atomic mass is 79.9. The molecule has 1 heterocycles. The van der Waals surface area contributed by atoms with Crippen molar-refractivity contribution in [2.45, 2.75) is 11.8 Å². The number of urea groups is 1. The van der Waals surface area contributed by atoms with Crippen LogP contribution in [0.5, 0.6) is 6.01 Å². The number of aromatic nitrogens is 3. The van der Waals surface area contributed by atoms with E-state index in [-0.39, 0.29) is 21.7 Å². The van der Waals surface area contributed by atoms with Crippen LogP contribution in [0.25, 0.3) is 0 Å². The van der Waals surface area contributed by atoms with Crippen molar-refractivity contribution in [3.63, 3.8) is 0 Å². The number of alkyl halides is 1. The normalized spacial score (nSPS) is 17.2. The maximum absolute atomic E-state index is 12.3. The molecule has 2 amide bonds. The zero-order valence-corrected chi connectivity index (χ0v) is 15.7. The third kappa shape index (κ3) is 4.33. The van der Waals surface area contributed by atoms with E-state index in [4.69, 9.17) is 17.0 Å². The van der Waals surface area contributed by atoms with Crippen LogP contribution < -0.4 is 14.8 Å². The van der Waals surface area contributed by atoms with Crippen LogP contribution in [0.1, 0.15) is 5.82 Å². The zero-order valence-electron chi connectivity index (χ0n) is 12.5. The van der Waals surface area contributed by atoms with Gasteiger partial charge in [0.1, 0.15) is 10.7 Å². The summed E-state index contributed by atoms with van der Waals surface area (Å²) in [4.78, 5) is 23.0. The Hall–Kier alpha value is -1.92. The minimum Gasteiger partial charge on any atom is -0.467 e. The fourth-order valence-corrected chi connectivity index (χ4v) is 3.78. The number of allylic oxidation sites excluding steroid dienone is 4. The molecular formula is C12H12BrN5O4S2. The van der Waals surface area contributed by atoms with Gasteiger partial charge < -0.3 is 4.74 Å². The fraction of sp³-hybridized carbons (Fsp3) is 0.250. The molecule has 1 atom stereocenters. The Morgan fingerprint density at radius 2 is 2.08 bits per heavy atom. The minimum atomic E-state index is -4.14. The summed E-state index contributed by atoms with van der Waals surface area (Å²) in [6.45, 7) is 1.57. The van der Waals surface area contributed by atoms with Crippen LogP contribution in [0.4, 0.5) is 10.7 Å². The number of amides is 2. The highest BCUT2D eigenvalue weighted by Crippen LogP contribution is 2.21. The third-order valence-electron chi connectivity index (χ3n) is 2.67. The summed E-state index contributed by atoms with van der Waals surface area (Å²) in [6.07, 6.45) is 4.52. The van der Waals surface area contributed by atoms with E-state index in [1.807, 2.05) is 4.72 Å². The van der Waals surface area contributed by atoms with Crippen molar-refractivity contribution in [3.05, 3.63) is 29.0 Å². The quantitative estimate of drug-likeness (QED) is 0.536. The number of methoxy groups -OCH3 is 1. The molecular weight excluding hydrogens is 422 g/mol. The SMILES string of the molecule is COc1nc(C)nc(NC(=O)NS(=O)(=O)C2=CC=CC(Br)C2=S)n1. The molecule has 2 rings (SSSR count). The zero-order chi connectivity index (χ0) is 17.9. The first-order chi connectivity index (χ1) is 11.2. The Kier molecular flexibility index (Phi) is 5.62. The van der Waals surface area contributed by atoms with Gasteiger partial charge >= 0.3 is 12.0 Å². The van der Waals surface area contributed by atoms with Gasteiger partial charge in [-0.25, -0.2) is 17.9 Å². The van der Waals surface area contributed by atoms with Crippen molar-refractivity contribution in [2.24, 2.45) is 0 Å². The van der Waals surface area contributed by atoms with Gasteiger partial charge in [0.2, 0.25) is 5.95 Å². The lowest BCUT2D eigenvalue weighted by molar-refractivity contribution is 0.256. The molecule has 0 spiro atoms. The number of nitrogens with zero attached hydrogens (tertiary/aromatic N) is 3. The second-order valence-corrected chi connectivity index (χ2v) is 7.51. The number of thiocarbonyl (C=S) groups is 1. The molecule has 24 heavy (non-hydrogen) atoms. The first-order valence-corrected chi connectivity index (χ1v) is 9.21. The lowest BCUT2D eigenvalue weighted by Crippen LogP contribution is -2.38. The Balaban J connectivity index is 2.15. The summed E-state index contributed by atoms with van der Waals surface area (Å²) in [5, 5.41) is 2.21. The van der Waals surface area contributed by atoms with E-state index in [0.717, 1.165) is 0 Å². The van der Waals surface area contributed by atoms with E-state index >= 15 is 0 Å². The Morgan fingerprint density at radius 1 is 1.38 bits per heavy atom. The number of hydrogen-bond donors (Lipinski definition) is 2. The summed E-state index contributed by atoms with van der Waals surface area (Å²) in [5.74, 6) is 0.147. The number of anilines is 1. The van der Waals surface area contributed by atoms with E-state index < -0.39 is 20.9 Å². The lowest BCUT2D eigenvalue weighted by Gasteiger charge is -2.16. The number of carbonyl (C=O) groups is 1. The number of halogens is 1. The number of ether oxygens (including phenoxy) is 1. The number of aryl methyl sites for hydroxylation is 1. The number of hydrogen-bond acceptors (Lipinski definition) is 8. The molecule has 128 valence electrons. The topological polar surface area (TPSA) is 123 Å². The van der Waals surface area contributed by atoms with Gasteiger partial charge in [-0.15, -0.1) is 0 Å². The monoisotopic (exact) mass is 433 g/mol. The Labute approximate surface area is 151 Å². The van der Waals surface area contributed by atoms with Crippen molar-refractivity contribution in [2.75, 3.05) is 12.4 Å². The number of nitrogens with one attached hydrogen (secondary N) is 2. The molecule has 0 saturated carbocycles. The molecule has 1 aromatic heterocycles. The van der Waals surface area contributed by atoms with E-state index in [9.17, 15) is 13.2 Å². The van der Waals surface area contributed by atoms with Crippen LogP contribution in [0.15, 0.2) is 23.1 Å². The molecule has 0 bridgehead atoms. The van der Waals surface area contributed by atoms with Gasteiger partial charge in [-0.2, -0.15) is 15.0 Å². The van der Waals surface area contributed by atoms with Gasteiger partial charge in [0.05, 0.1) is 16.8 Å². The summed E-state index contributed by atoms with van der Waals surface area (Å²) in [7, 11) is -2.79. The van der Waals surface area contributed by atoms with Crippen molar-refractivity contribution in [3.8, 4) is 6.01 Å². The van der Waals surface area contributed by atoms with E-state index in [0.29, 0.717) is 5.82 Å². The molecule has 0 aliphatic heterocycles. The van der Waals surface area contributed by atoms with Crippen molar-refractivity contribution >= 4 is 55.0 Å². The number of rotatable bonds is 4. The first-order valence-electron chi connectivity index (χ1n) is 6.40. The van der Waals surface area contributed by atoms with Gasteiger partial charge in [0.15, 0.2) is 0 Å². The average molecular weight is 434 g/mol. The molecule has 12 heteroatoms. The maximum atomic E-state index is 12.3. The summed E-state index contributed by atoms with van der Waals surface area (Å²) < 4.78 is 31.2. The predicted molar refractivity (Wildman–Crippen MR) is 94.7 cm³/mol. The van der Waals surface area contributed by atoms with Crippen molar-refractivity contribution in [1.29, 1.82) is 0 Å². The van der Waals surface area contributed by atoms with Gasteiger partial charge in [0.25, 0.3) is 10.0 Å². The standard InChI is InChI=1S/C12H12BrN5O4S2/c1-6-14-10(17-12(15-6)22-2)16-11(19)18-24(20,21)8-5-3-4-7(13)9(8)23/h3-5,7H,1-2H3,(H2,14,15,16,17,18,19). The highest BCUT2D eigenvalue weighted by Gasteiger charge is 2.28. The molecule has 0 radical (unpaired) electrons.